The third-order valence-corrected chi connectivity index (χ3v) is 14.5. The van der Waals surface area contributed by atoms with E-state index in [1.165, 1.54) is 16.7 Å². The van der Waals surface area contributed by atoms with Gasteiger partial charge in [-0.2, -0.15) is 12.1 Å². The van der Waals surface area contributed by atoms with Gasteiger partial charge in [0.15, 0.2) is 0 Å². The topological polar surface area (TPSA) is 36.8 Å². The maximum absolute atomic E-state index is 9.24. The molecule has 4 aliphatic rings. The van der Waals surface area contributed by atoms with Crippen molar-refractivity contribution in [3.05, 3.63) is 228 Å². The van der Waals surface area contributed by atoms with Gasteiger partial charge in [-0.25, -0.2) is 4.98 Å². The Bertz CT molecular complexity index is 3770. The number of hydrogen-bond acceptors (Lipinski definition) is 5. The number of pyridine rings is 1. The minimum atomic E-state index is -0.441. The third-order valence-electron chi connectivity index (χ3n) is 14.5. The van der Waals surface area contributed by atoms with Crippen LogP contribution in [0, 0.1) is 18.8 Å². The van der Waals surface area contributed by atoms with Crippen molar-refractivity contribution in [2.75, 3.05) is 9.80 Å². The Morgan fingerprint density at radius 2 is 1.44 bits per heavy atom. The first-order chi connectivity index (χ1) is 35.4. The average molecular weight is 1100 g/mol. The van der Waals surface area contributed by atoms with E-state index in [1.54, 1.807) is 0 Å². The molecule has 3 aliphatic heterocycles. The predicted octanol–water partition coefficient (Wildman–Crippen LogP) is 15.2. The molecule has 5 heterocycles. The SMILES string of the molecule is [2H]c1c([2H])c([2H])c(C2=C(N3[CH-]N(c4[c-]c(Oc5[c-]c6c(cc5)c5ccccc5n6-c5cc(C(C)(C)C)ccn5)ccc4)c4ccccc43)B3C=C(c4ccc5c(c4)C(C)(C)CCC5(C)C)C=CN3C=C2)c([2H])c1[2H].[Pt]. The molecule has 0 saturated heterocycles. The fourth-order valence-corrected chi connectivity index (χ4v) is 10.6. The second-order valence-electron chi connectivity index (χ2n) is 20.9. The summed E-state index contributed by atoms with van der Waals surface area (Å²) in [6, 6.07) is 42.8. The molecule has 6 nitrogen and oxygen atoms in total. The van der Waals surface area contributed by atoms with E-state index in [0.29, 0.717) is 22.8 Å². The summed E-state index contributed by atoms with van der Waals surface area (Å²) in [5.74, 6) is 4.06. The van der Waals surface area contributed by atoms with Gasteiger partial charge in [0.2, 0.25) is 0 Å². The zero-order valence-electron chi connectivity index (χ0n) is 45.4. The van der Waals surface area contributed by atoms with Crippen molar-refractivity contribution in [3.8, 4) is 17.3 Å². The van der Waals surface area contributed by atoms with Crippen LogP contribution in [0.3, 0.4) is 0 Å². The van der Waals surface area contributed by atoms with Gasteiger partial charge in [-0.1, -0.05) is 139 Å². The number of benzene rings is 6. The molecule has 70 heavy (non-hydrogen) atoms. The molecule has 8 aromatic rings. The second-order valence-corrected chi connectivity index (χ2v) is 20.9. The summed E-state index contributed by atoms with van der Waals surface area (Å²) in [5, 5.41) is 2.13. The molecular weight excluding hydrogens is 1040 g/mol. The van der Waals surface area contributed by atoms with Gasteiger partial charge in [0, 0.05) is 55.7 Å². The summed E-state index contributed by atoms with van der Waals surface area (Å²) in [6.45, 7) is 17.5. The molecule has 2 aromatic heterocycles. The van der Waals surface area contributed by atoms with E-state index >= 15 is 0 Å². The molecule has 1 aliphatic carbocycles. The molecule has 0 bridgehead atoms. The van der Waals surface area contributed by atoms with Gasteiger partial charge in [0.05, 0.1) is 6.85 Å². The Hall–Kier alpha value is -6.82. The number of nitrogens with zero attached hydrogens (tertiary/aromatic N) is 5. The Morgan fingerprint density at radius 1 is 0.714 bits per heavy atom. The van der Waals surface area contributed by atoms with E-state index in [4.69, 9.17) is 13.8 Å². The zero-order valence-corrected chi connectivity index (χ0v) is 42.7. The van der Waals surface area contributed by atoms with Crippen molar-refractivity contribution in [1.29, 1.82) is 0 Å². The monoisotopic (exact) mass is 1100 g/mol. The number of aromatic nitrogens is 2. The summed E-state index contributed by atoms with van der Waals surface area (Å²) < 4.78 is 53.3. The normalized spacial score (nSPS) is 17.8. The van der Waals surface area contributed by atoms with Gasteiger partial charge in [0.1, 0.15) is 5.82 Å². The van der Waals surface area contributed by atoms with Crippen molar-refractivity contribution in [3.63, 3.8) is 0 Å². The number of rotatable bonds is 7. The molecule has 350 valence electrons. The molecule has 6 aromatic carbocycles. The van der Waals surface area contributed by atoms with Crippen molar-refractivity contribution in [2.24, 2.45) is 0 Å². The smallest absolute Gasteiger partial charge is 0.335 e. The summed E-state index contributed by atoms with van der Waals surface area (Å²) in [7, 11) is 0. The molecule has 0 amide bonds. The molecule has 0 radical (unpaired) electrons. The first kappa shape index (κ1) is 40.0. The van der Waals surface area contributed by atoms with Gasteiger partial charge in [-0.15, -0.1) is 48.1 Å². The third kappa shape index (κ3) is 7.83. The summed E-state index contributed by atoms with van der Waals surface area (Å²) >= 11 is 0. The number of ether oxygens (including phenoxy) is 1. The maximum Gasteiger partial charge on any atom is 0.335 e. The van der Waals surface area contributed by atoms with E-state index < -0.39 is 12.9 Å². The maximum atomic E-state index is 9.24. The number of allylic oxidation sites excluding steroid dienone is 4. The van der Waals surface area contributed by atoms with Gasteiger partial charge in [0.25, 0.3) is 0 Å². The number of hydrogen-bond donors (Lipinski definition) is 0. The van der Waals surface area contributed by atoms with Crippen molar-refractivity contribution < 1.29 is 32.7 Å². The van der Waals surface area contributed by atoms with Crippen molar-refractivity contribution in [2.45, 2.75) is 77.6 Å². The molecule has 0 saturated carbocycles. The first-order valence-electron chi connectivity index (χ1n) is 26.4. The fraction of sp³-hybridized carbons (Fsp3) is 0.194. The molecule has 0 N–H and O–H groups in total. The summed E-state index contributed by atoms with van der Waals surface area (Å²) in [5.41, 5.74) is 11.8. The molecule has 8 heteroatoms. The Morgan fingerprint density at radius 3 is 2.24 bits per heavy atom. The van der Waals surface area contributed by atoms with Crippen LogP contribution in [-0.4, -0.2) is 21.2 Å². The Kier molecular flexibility index (Phi) is 9.85. The minimum Gasteiger partial charge on any atom is -0.509 e. The van der Waals surface area contributed by atoms with Gasteiger partial charge < -0.3 is 23.9 Å². The van der Waals surface area contributed by atoms with E-state index in [0.717, 1.165) is 68.6 Å². The largest absolute Gasteiger partial charge is 0.509 e. The zero-order chi connectivity index (χ0) is 51.6. The van der Waals surface area contributed by atoms with Crippen LogP contribution in [0.25, 0.3) is 38.8 Å². The van der Waals surface area contributed by atoms with E-state index in [2.05, 4.69) is 159 Å². The average Bonchev–Trinajstić information content (AvgIpc) is 3.94. The molecule has 0 fully saturated rings. The minimum absolute atomic E-state index is 0. The number of fused-ring (bicyclic) bond motifs is 6. The molecule has 0 unspecified atom stereocenters. The van der Waals surface area contributed by atoms with Gasteiger partial charge in [-0.3, -0.25) is 0 Å². The van der Waals surface area contributed by atoms with Crippen LogP contribution in [-0.2, 0) is 37.3 Å². The van der Waals surface area contributed by atoms with Crippen LogP contribution in [0.15, 0.2) is 182 Å². The molecule has 0 spiro atoms. The van der Waals surface area contributed by atoms with Gasteiger partial charge >= 0.3 is 6.85 Å². The van der Waals surface area contributed by atoms with Crippen LogP contribution in [0.4, 0.5) is 17.1 Å². The van der Waals surface area contributed by atoms with Gasteiger partial charge in [-0.05, 0) is 134 Å². The van der Waals surface area contributed by atoms with Crippen LogP contribution in [0.2, 0.25) is 0 Å². The quantitative estimate of drug-likeness (QED) is 0.117. The second kappa shape index (κ2) is 17.2. The summed E-state index contributed by atoms with van der Waals surface area (Å²) in [4.78, 5) is 11.1. The summed E-state index contributed by atoms with van der Waals surface area (Å²) in [6.07, 6.45) is 12.1. The van der Waals surface area contributed by atoms with Crippen LogP contribution in [0.1, 0.15) is 96.0 Å². The van der Waals surface area contributed by atoms with E-state index in [-0.39, 0.29) is 67.0 Å². The molecule has 0 atom stereocenters. The van der Waals surface area contributed by atoms with E-state index in [1.807, 2.05) is 73.7 Å². The number of para-hydroxylation sites is 3. The Labute approximate surface area is 434 Å². The standard InChI is InChI=1S/C62H55BN5O.Pt/c1-60(2,3)45-28-33-64-58(37-45)68-54-21-12-11-20-50(54)51-26-25-48(39-57(51)68)69-47-19-15-18-46(38-47)66-41-67(56-23-14-13-22-55(56)66)59-49(42-16-9-8-10-17-42)30-35-65-34-29-44(40-63(59)65)43-24-27-52-53(36-43)62(6,7)32-31-61(52,4)5;/h8-30,33-37,40-41H,31-32H2,1-7H3;/q-3;/i8D,9D,10D,16D,17D;. The molecular formula is C62H55BN5OPt-3. The fourth-order valence-electron chi connectivity index (χ4n) is 10.6. The predicted molar refractivity (Wildman–Crippen MR) is 286 cm³/mol. The van der Waals surface area contributed by atoms with Crippen molar-refractivity contribution in [1.82, 2.24) is 14.4 Å². The Balaban J connectivity index is 0.00000602. The van der Waals surface area contributed by atoms with Crippen LogP contribution >= 0.6 is 0 Å². The molecule has 12 rings (SSSR count). The van der Waals surface area contributed by atoms with Crippen LogP contribution < -0.4 is 14.5 Å². The van der Waals surface area contributed by atoms with E-state index in [9.17, 15) is 2.74 Å². The van der Waals surface area contributed by atoms with Crippen molar-refractivity contribution >= 4 is 56.9 Å². The van der Waals surface area contributed by atoms with Crippen LogP contribution in [0.5, 0.6) is 11.5 Å². The first-order valence-corrected chi connectivity index (χ1v) is 23.9. The number of anilines is 3.